The molecule has 1 aliphatic rings. The Balaban J connectivity index is 1.68. The number of hydrogen-bond donors (Lipinski definition) is 2. The molecule has 2 N–H and O–H groups in total. The quantitative estimate of drug-likeness (QED) is 0.640. The molecule has 1 unspecified atom stereocenters. The zero-order valence-electron chi connectivity index (χ0n) is 18.6. The highest BCUT2D eigenvalue weighted by Gasteiger charge is 2.39. The van der Waals surface area contributed by atoms with Crippen molar-refractivity contribution in [2.45, 2.75) is 109 Å². The van der Waals surface area contributed by atoms with Crippen LogP contribution in [0, 0.1) is 0 Å². The molecule has 1 heterocycles. The van der Waals surface area contributed by atoms with Crippen molar-refractivity contribution in [2.75, 3.05) is 0 Å². The van der Waals surface area contributed by atoms with Gasteiger partial charge in [-0.15, -0.1) is 5.10 Å². The second-order valence-electron chi connectivity index (χ2n) is 10.0. The highest BCUT2D eigenvalue weighted by Crippen LogP contribution is 2.56. The number of amides is 1. The van der Waals surface area contributed by atoms with E-state index in [0.29, 0.717) is 19.3 Å². The third kappa shape index (κ3) is 7.19. The fourth-order valence-electron chi connectivity index (χ4n) is 3.14. The van der Waals surface area contributed by atoms with Gasteiger partial charge in [0, 0.05) is 18.7 Å². The molecule has 0 saturated heterocycles. The third-order valence-corrected chi connectivity index (χ3v) is 7.52. The SMILES string of the molecule is CC(C)(C)n1cc(CCCC(=O)NC2CCC(OP(=O)(O)C(C)(C)C)CC2)nn1. The molecule has 9 heteroatoms. The Kier molecular flexibility index (Phi) is 7.68. The van der Waals surface area contributed by atoms with Crippen LogP contribution in [0.5, 0.6) is 0 Å². The van der Waals surface area contributed by atoms with Crippen LogP contribution in [0.2, 0.25) is 0 Å². The maximum Gasteiger partial charge on any atom is 0.333 e. The molecule has 29 heavy (non-hydrogen) atoms. The van der Waals surface area contributed by atoms with E-state index in [9.17, 15) is 14.3 Å². The van der Waals surface area contributed by atoms with Crippen LogP contribution in [-0.4, -0.2) is 43.1 Å². The number of aryl methyl sites for hydroxylation is 1. The van der Waals surface area contributed by atoms with Crippen molar-refractivity contribution in [3.05, 3.63) is 11.9 Å². The topological polar surface area (TPSA) is 106 Å². The molecular formula is C20H37N4O4P. The Morgan fingerprint density at radius 2 is 1.86 bits per heavy atom. The van der Waals surface area contributed by atoms with Crippen LogP contribution in [0.25, 0.3) is 0 Å². The van der Waals surface area contributed by atoms with Crippen molar-refractivity contribution < 1.29 is 18.8 Å². The van der Waals surface area contributed by atoms with Crippen LogP contribution in [0.4, 0.5) is 0 Å². The molecule has 2 rings (SSSR count). The van der Waals surface area contributed by atoms with Crippen LogP contribution in [0.15, 0.2) is 6.20 Å². The summed E-state index contributed by atoms with van der Waals surface area (Å²) in [5.74, 6) is 0.0418. The largest absolute Gasteiger partial charge is 0.353 e. The molecule has 0 aliphatic heterocycles. The fraction of sp³-hybridized carbons (Fsp3) is 0.850. The zero-order chi connectivity index (χ0) is 21.9. The molecule has 166 valence electrons. The predicted octanol–water partition coefficient (Wildman–Crippen LogP) is 3.78. The van der Waals surface area contributed by atoms with Gasteiger partial charge >= 0.3 is 7.60 Å². The Morgan fingerprint density at radius 1 is 1.24 bits per heavy atom. The highest BCUT2D eigenvalue weighted by molar-refractivity contribution is 7.54. The van der Waals surface area contributed by atoms with E-state index in [2.05, 4.69) is 36.4 Å². The second-order valence-corrected chi connectivity index (χ2v) is 12.6. The van der Waals surface area contributed by atoms with E-state index >= 15 is 0 Å². The van der Waals surface area contributed by atoms with Gasteiger partial charge in [-0.05, 0) is 80.1 Å². The summed E-state index contributed by atoms with van der Waals surface area (Å²) in [6.07, 6.45) is 6.52. The number of aromatic nitrogens is 3. The van der Waals surface area contributed by atoms with Crippen LogP contribution in [0.3, 0.4) is 0 Å². The Labute approximate surface area is 174 Å². The van der Waals surface area contributed by atoms with Gasteiger partial charge < -0.3 is 14.7 Å². The number of nitrogens with zero attached hydrogens (tertiary/aromatic N) is 3. The van der Waals surface area contributed by atoms with Crippen LogP contribution < -0.4 is 5.32 Å². The van der Waals surface area contributed by atoms with E-state index in [4.69, 9.17) is 4.52 Å². The van der Waals surface area contributed by atoms with Crippen molar-refractivity contribution in [2.24, 2.45) is 0 Å². The van der Waals surface area contributed by atoms with E-state index < -0.39 is 12.8 Å². The lowest BCUT2D eigenvalue weighted by atomic mass is 9.93. The third-order valence-electron chi connectivity index (χ3n) is 5.24. The first kappa shape index (κ1) is 24.0. The van der Waals surface area contributed by atoms with Crippen molar-refractivity contribution in [1.82, 2.24) is 20.3 Å². The molecule has 0 aromatic carbocycles. The van der Waals surface area contributed by atoms with Crippen molar-refractivity contribution in [3.8, 4) is 0 Å². The van der Waals surface area contributed by atoms with Gasteiger partial charge in [-0.1, -0.05) is 5.21 Å². The Morgan fingerprint density at radius 3 is 2.38 bits per heavy atom. The zero-order valence-corrected chi connectivity index (χ0v) is 19.5. The molecule has 1 fully saturated rings. The summed E-state index contributed by atoms with van der Waals surface area (Å²) in [7, 11) is -3.65. The second kappa shape index (κ2) is 9.27. The van der Waals surface area contributed by atoms with Gasteiger partial charge in [0.05, 0.1) is 22.5 Å². The molecule has 0 bridgehead atoms. The summed E-state index contributed by atoms with van der Waals surface area (Å²) >= 11 is 0. The van der Waals surface area contributed by atoms with Crippen LogP contribution in [0.1, 0.15) is 85.8 Å². The lowest BCUT2D eigenvalue weighted by molar-refractivity contribution is -0.122. The molecule has 0 radical (unpaired) electrons. The molecule has 0 spiro atoms. The summed E-state index contributed by atoms with van der Waals surface area (Å²) in [5.41, 5.74) is 0.805. The minimum absolute atomic E-state index is 0.0418. The van der Waals surface area contributed by atoms with E-state index in [1.807, 2.05) is 10.9 Å². The molecule has 1 aromatic rings. The van der Waals surface area contributed by atoms with E-state index in [0.717, 1.165) is 31.4 Å². The molecular weight excluding hydrogens is 391 g/mol. The number of hydrogen-bond acceptors (Lipinski definition) is 5. The molecule has 1 atom stereocenters. The average molecular weight is 429 g/mol. The first-order valence-electron chi connectivity index (χ1n) is 10.5. The first-order valence-corrected chi connectivity index (χ1v) is 12.1. The summed E-state index contributed by atoms with van der Waals surface area (Å²) < 4.78 is 19.7. The maximum atomic E-state index is 12.3. The first-order chi connectivity index (χ1) is 13.3. The van der Waals surface area contributed by atoms with E-state index in [1.165, 1.54) is 0 Å². The maximum absolute atomic E-state index is 12.3. The molecule has 1 amide bonds. The van der Waals surface area contributed by atoms with Gasteiger partial charge in [0.25, 0.3) is 0 Å². The molecule has 1 aliphatic carbocycles. The van der Waals surface area contributed by atoms with Gasteiger partial charge in [0.2, 0.25) is 5.91 Å². The average Bonchev–Trinajstić information content (AvgIpc) is 3.04. The minimum Gasteiger partial charge on any atom is -0.353 e. The summed E-state index contributed by atoms with van der Waals surface area (Å²) in [5, 5.41) is 10.6. The lowest BCUT2D eigenvalue weighted by Crippen LogP contribution is -2.39. The summed E-state index contributed by atoms with van der Waals surface area (Å²) in [6.45, 7) is 11.3. The molecule has 1 saturated carbocycles. The predicted molar refractivity (Wildman–Crippen MR) is 113 cm³/mol. The fourth-order valence-corrected chi connectivity index (χ4v) is 4.07. The normalized spacial score (nSPS) is 22.9. The number of carbonyl (C=O) groups excluding carboxylic acids is 1. The standard InChI is InChI=1S/C20H37N4O4P/c1-19(2,3)24-14-16(22-23-24)8-7-9-18(25)21-15-10-12-17(13-11-15)28-29(26,27)20(4,5)6/h14-15,17H,7-13H2,1-6H3,(H,21,25)(H,26,27). The Hall–Kier alpha value is -1.24. The molecule has 8 nitrogen and oxygen atoms in total. The van der Waals surface area contributed by atoms with Crippen LogP contribution >= 0.6 is 7.60 Å². The van der Waals surface area contributed by atoms with Crippen molar-refractivity contribution >= 4 is 13.5 Å². The Bertz CT molecular complexity index is 728. The summed E-state index contributed by atoms with van der Waals surface area (Å²) in [4.78, 5) is 22.3. The number of carbonyl (C=O) groups is 1. The van der Waals surface area contributed by atoms with Gasteiger partial charge in [0.1, 0.15) is 0 Å². The van der Waals surface area contributed by atoms with E-state index in [1.54, 1.807) is 20.8 Å². The van der Waals surface area contributed by atoms with Crippen LogP contribution in [-0.2, 0) is 25.8 Å². The molecule has 1 aromatic heterocycles. The summed E-state index contributed by atoms with van der Waals surface area (Å²) in [6, 6.07) is 0.108. The number of nitrogens with one attached hydrogen (secondary N) is 1. The van der Waals surface area contributed by atoms with Gasteiger partial charge in [0.15, 0.2) is 0 Å². The van der Waals surface area contributed by atoms with Crippen molar-refractivity contribution in [1.29, 1.82) is 0 Å². The lowest BCUT2D eigenvalue weighted by Gasteiger charge is -2.33. The van der Waals surface area contributed by atoms with Gasteiger partial charge in [-0.25, -0.2) is 4.68 Å². The van der Waals surface area contributed by atoms with Gasteiger partial charge in [-0.2, -0.15) is 0 Å². The van der Waals surface area contributed by atoms with E-state index in [-0.39, 0.29) is 23.6 Å². The smallest absolute Gasteiger partial charge is 0.333 e. The highest BCUT2D eigenvalue weighted by atomic mass is 31.2. The monoisotopic (exact) mass is 428 g/mol. The van der Waals surface area contributed by atoms with Gasteiger partial charge in [-0.3, -0.25) is 9.36 Å². The van der Waals surface area contributed by atoms with Crippen molar-refractivity contribution in [3.63, 3.8) is 0 Å². The minimum atomic E-state index is -3.65. The number of rotatable bonds is 7.